The molecule has 0 radical (unpaired) electrons. The molecule has 0 heterocycles. The third kappa shape index (κ3) is 4.39. The van der Waals surface area contributed by atoms with Crippen LogP contribution in [0.15, 0.2) is 16.8 Å². The zero-order valence-electron chi connectivity index (χ0n) is 8.26. The maximum Gasteiger partial charge on any atom is 0.151 e. The topological polar surface area (TPSA) is 15.6 Å². The van der Waals surface area contributed by atoms with Gasteiger partial charge in [-0.25, -0.2) is 0 Å². The van der Waals surface area contributed by atoms with E-state index in [1.165, 1.54) is 0 Å². The maximum atomic E-state index is 5.92. The van der Waals surface area contributed by atoms with Crippen molar-refractivity contribution in [2.24, 2.45) is 5.10 Å². The summed E-state index contributed by atoms with van der Waals surface area (Å²) >= 11 is 5.92. The van der Waals surface area contributed by atoms with Crippen LogP contribution >= 0.6 is 11.6 Å². The Kier molecular flexibility index (Phi) is 5.81. The van der Waals surface area contributed by atoms with Gasteiger partial charge in [-0.15, -0.1) is 0 Å². The number of allylic oxidation sites excluding steroid dienone is 2. The molecule has 0 unspecified atom stereocenters. The van der Waals surface area contributed by atoms with Crippen LogP contribution in [0, 0.1) is 0 Å². The van der Waals surface area contributed by atoms with Crippen molar-refractivity contribution in [1.29, 1.82) is 0 Å². The van der Waals surface area contributed by atoms with E-state index in [1.807, 2.05) is 25.9 Å². The molecule has 0 N–H and O–H groups in total. The molecule has 0 aromatic heterocycles. The Morgan fingerprint density at radius 3 is 2.50 bits per heavy atom. The van der Waals surface area contributed by atoms with Crippen LogP contribution in [0.3, 0.4) is 0 Å². The SMILES string of the molecule is CCC=C(C)C(Cl)=NN(C)CC. The lowest BCUT2D eigenvalue weighted by atomic mass is 10.3. The van der Waals surface area contributed by atoms with E-state index in [0.717, 1.165) is 18.5 Å². The molecule has 70 valence electrons. The molecule has 0 rings (SSSR count). The summed E-state index contributed by atoms with van der Waals surface area (Å²) in [6.07, 6.45) is 3.06. The molecule has 0 amide bonds. The Hall–Kier alpha value is -0.500. The molecule has 0 aromatic carbocycles. The fourth-order valence-corrected chi connectivity index (χ4v) is 0.896. The van der Waals surface area contributed by atoms with Gasteiger partial charge in [0.15, 0.2) is 5.17 Å². The molecule has 0 aliphatic rings. The van der Waals surface area contributed by atoms with Crippen LogP contribution in [0.2, 0.25) is 0 Å². The van der Waals surface area contributed by atoms with Gasteiger partial charge in [-0.05, 0) is 25.8 Å². The maximum absolute atomic E-state index is 5.92. The van der Waals surface area contributed by atoms with Gasteiger partial charge < -0.3 is 0 Å². The van der Waals surface area contributed by atoms with E-state index in [4.69, 9.17) is 11.6 Å². The molecule has 12 heavy (non-hydrogen) atoms. The van der Waals surface area contributed by atoms with Gasteiger partial charge in [-0.3, -0.25) is 5.01 Å². The zero-order valence-corrected chi connectivity index (χ0v) is 9.02. The Bertz CT molecular complexity index is 185. The van der Waals surface area contributed by atoms with Crippen molar-refractivity contribution < 1.29 is 0 Å². The molecule has 0 atom stereocenters. The summed E-state index contributed by atoms with van der Waals surface area (Å²) < 4.78 is 0. The van der Waals surface area contributed by atoms with Gasteiger partial charge in [-0.1, -0.05) is 24.6 Å². The van der Waals surface area contributed by atoms with Gasteiger partial charge >= 0.3 is 0 Å². The summed E-state index contributed by atoms with van der Waals surface area (Å²) in [4.78, 5) is 0. The molecule has 0 bridgehead atoms. The fourth-order valence-electron chi connectivity index (χ4n) is 0.690. The van der Waals surface area contributed by atoms with E-state index in [2.05, 4.69) is 18.1 Å². The molecule has 0 spiro atoms. The standard InChI is InChI=1S/C9H17ClN2/c1-5-7-8(3)9(10)11-12(4)6-2/h7H,5-6H2,1-4H3. The van der Waals surface area contributed by atoms with Crippen molar-refractivity contribution in [2.75, 3.05) is 13.6 Å². The number of nitrogens with zero attached hydrogens (tertiary/aromatic N) is 2. The fraction of sp³-hybridized carbons (Fsp3) is 0.667. The summed E-state index contributed by atoms with van der Waals surface area (Å²) in [6, 6.07) is 0. The van der Waals surface area contributed by atoms with E-state index in [1.54, 1.807) is 0 Å². The van der Waals surface area contributed by atoms with Crippen LogP contribution in [0.5, 0.6) is 0 Å². The average molecular weight is 189 g/mol. The first kappa shape index (κ1) is 11.5. The van der Waals surface area contributed by atoms with Crippen LogP contribution < -0.4 is 0 Å². The summed E-state index contributed by atoms with van der Waals surface area (Å²) in [5, 5.41) is 6.56. The van der Waals surface area contributed by atoms with E-state index in [9.17, 15) is 0 Å². The van der Waals surface area contributed by atoms with E-state index in [-0.39, 0.29) is 0 Å². The van der Waals surface area contributed by atoms with Gasteiger partial charge in [0, 0.05) is 13.6 Å². The molecule has 0 aliphatic heterocycles. The Balaban J connectivity index is 4.26. The van der Waals surface area contributed by atoms with Crippen LogP contribution in [-0.2, 0) is 0 Å². The van der Waals surface area contributed by atoms with Crippen LogP contribution in [0.4, 0.5) is 0 Å². The van der Waals surface area contributed by atoms with Gasteiger partial charge in [0.2, 0.25) is 0 Å². The summed E-state index contributed by atoms with van der Waals surface area (Å²) in [5.74, 6) is 0. The predicted octanol–water partition coefficient (Wildman–Crippen LogP) is 2.85. The highest BCUT2D eigenvalue weighted by atomic mass is 35.5. The van der Waals surface area contributed by atoms with Crippen molar-refractivity contribution in [3.63, 3.8) is 0 Å². The smallest absolute Gasteiger partial charge is 0.151 e. The first-order valence-electron chi connectivity index (χ1n) is 4.24. The molecule has 0 aliphatic carbocycles. The lowest BCUT2D eigenvalue weighted by Crippen LogP contribution is -2.11. The van der Waals surface area contributed by atoms with Gasteiger partial charge in [0.25, 0.3) is 0 Å². The van der Waals surface area contributed by atoms with Gasteiger partial charge in [0.05, 0.1) is 0 Å². The van der Waals surface area contributed by atoms with E-state index < -0.39 is 0 Å². The highest BCUT2D eigenvalue weighted by molar-refractivity contribution is 6.69. The quantitative estimate of drug-likeness (QED) is 0.490. The van der Waals surface area contributed by atoms with Crippen molar-refractivity contribution >= 4 is 16.8 Å². The molecular weight excluding hydrogens is 172 g/mol. The minimum absolute atomic E-state index is 0.584. The van der Waals surface area contributed by atoms with Crippen molar-refractivity contribution in [1.82, 2.24) is 5.01 Å². The Labute approximate surface area is 79.9 Å². The zero-order chi connectivity index (χ0) is 9.56. The molecule has 0 fully saturated rings. The van der Waals surface area contributed by atoms with Crippen molar-refractivity contribution in [2.45, 2.75) is 27.2 Å². The van der Waals surface area contributed by atoms with E-state index in [0.29, 0.717) is 5.17 Å². The minimum Gasteiger partial charge on any atom is -0.299 e. The highest BCUT2D eigenvalue weighted by Crippen LogP contribution is 2.04. The van der Waals surface area contributed by atoms with Crippen molar-refractivity contribution in [3.05, 3.63) is 11.6 Å². The Morgan fingerprint density at radius 1 is 1.50 bits per heavy atom. The molecule has 0 saturated carbocycles. The molecule has 3 heteroatoms. The van der Waals surface area contributed by atoms with E-state index >= 15 is 0 Å². The highest BCUT2D eigenvalue weighted by Gasteiger charge is 1.97. The monoisotopic (exact) mass is 188 g/mol. The lowest BCUT2D eigenvalue weighted by Gasteiger charge is -2.09. The second kappa shape index (κ2) is 6.06. The number of hydrazone groups is 1. The number of hydrogen-bond donors (Lipinski definition) is 0. The minimum atomic E-state index is 0.584. The average Bonchev–Trinajstić information content (AvgIpc) is 2.04. The Morgan fingerprint density at radius 2 is 2.08 bits per heavy atom. The molecule has 0 aromatic rings. The lowest BCUT2D eigenvalue weighted by molar-refractivity contribution is 0.376. The predicted molar refractivity (Wildman–Crippen MR) is 55.6 cm³/mol. The second-order valence-electron chi connectivity index (χ2n) is 2.66. The van der Waals surface area contributed by atoms with Gasteiger partial charge in [-0.2, -0.15) is 5.10 Å². The number of halogens is 1. The summed E-state index contributed by atoms with van der Waals surface area (Å²) in [7, 11) is 1.90. The van der Waals surface area contributed by atoms with Crippen molar-refractivity contribution in [3.8, 4) is 0 Å². The first-order valence-corrected chi connectivity index (χ1v) is 4.62. The normalized spacial score (nSPS) is 13.4. The van der Waals surface area contributed by atoms with Crippen LogP contribution in [0.1, 0.15) is 27.2 Å². The van der Waals surface area contributed by atoms with Gasteiger partial charge in [0.1, 0.15) is 0 Å². The summed E-state index contributed by atoms with van der Waals surface area (Å²) in [5.41, 5.74) is 1.04. The molecular formula is C9H17ClN2. The molecule has 2 nitrogen and oxygen atoms in total. The third-order valence-corrected chi connectivity index (χ3v) is 1.93. The molecule has 0 saturated heterocycles. The summed E-state index contributed by atoms with van der Waals surface area (Å²) in [6.45, 7) is 6.96. The first-order chi connectivity index (χ1) is 5.61. The number of rotatable bonds is 4. The van der Waals surface area contributed by atoms with Crippen LogP contribution in [-0.4, -0.2) is 23.8 Å². The second-order valence-corrected chi connectivity index (χ2v) is 3.02. The number of hydrogen-bond acceptors (Lipinski definition) is 2. The van der Waals surface area contributed by atoms with Crippen LogP contribution in [0.25, 0.3) is 0 Å². The third-order valence-electron chi connectivity index (χ3n) is 1.55. The largest absolute Gasteiger partial charge is 0.299 e.